The number of aromatic nitrogens is 1. The fourth-order valence-corrected chi connectivity index (χ4v) is 8.95. The zero-order valence-corrected chi connectivity index (χ0v) is 29.4. The van der Waals surface area contributed by atoms with Gasteiger partial charge in [0.15, 0.2) is 0 Å². The van der Waals surface area contributed by atoms with Gasteiger partial charge in [-0.15, -0.1) is 0 Å². The van der Waals surface area contributed by atoms with E-state index in [9.17, 15) is 0 Å². The molecule has 0 fully saturated rings. The predicted octanol–water partition coefficient (Wildman–Crippen LogP) is 13.2. The van der Waals surface area contributed by atoms with Crippen molar-refractivity contribution in [2.75, 3.05) is 0 Å². The van der Waals surface area contributed by atoms with Crippen molar-refractivity contribution in [3.63, 3.8) is 0 Å². The molecule has 0 N–H and O–H groups in total. The molecule has 9 aromatic rings. The van der Waals surface area contributed by atoms with Crippen LogP contribution in [0.25, 0.3) is 60.9 Å². The second-order valence-corrected chi connectivity index (χ2v) is 14.3. The standard InChI is InChI=1S/C49H32BrN/c50-39-20-12-15-35(30-39)33-13-11-14-34(29-33)36-25-27-44-43-22-8-10-24-47(43)51(48(44)31-36)40-26-28-42-41-21-7-9-23-45(41)49(46(42)32-40,37-16-3-1-4-17-37)38-18-5-2-6-19-38/h1-32H. The van der Waals surface area contributed by atoms with Crippen molar-refractivity contribution in [2.24, 2.45) is 0 Å². The van der Waals surface area contributed by atoms with E-state index in [2.05, 4.69) is 215 Å². The lowest BCUT2D eigenvalue weighted by Gasteiger charge is -2.34. The summed E-state index contributed by atoms with van der Waals surface area (Å²) in [7, 11) is 0. The van der Waals surface area contributed by atoms with E-state index in [0.717, 1.165) is 10.2 Å². The lowest BCUT2D eigenvalue weighted by atomic mass is 9.67. The molecule has 2 heteroatoms. The van der Waals surface area contributed by atoms with Crippen LogP contribution < -0.4 is 0 Å². The summed E-state index contributed by atoms with van der Waals surface area (Å²) in [6.45, 7) is 0. The number of halogens is 1. The zero-order chi connectivity index (χ0) is 33.9. The summed E-state index contributed by atoms with van der Waals surface area (Å²) < 4.78 is 3.55. The quantitative estimate of drug-likeness (QED) is 0.167. The zero-order valence-electron chi connectivity index (χ0n) is 27.8. The van der Waals surface area contributed by atoms with Crippen LogP contribution in [0.4, 0.5) is 0 Å². The number of fused-ring (bicyclic) bond motifs is 6. The monoisotopic (exact) mass is 713 g/mol. The van der Waals surface area contributed by atoms with Crippen LogP contribution in [0.15, 0.2) is 199 Å². The highest BCUT2D eigenvalue weighted by atomic mass is 79.9. The Hall–Kier alpha value is -5.96. The van der Waals surface area contributed by atoms with Gasteiger partial charge in [0.25, 0.3) is 0 Å². The third-order valence-corrected chi connectivity index (χ3v) is 11.2. The maximum absolute atomic E-state index is 3.65. The van der Waals surface area contributed by atoms with Gasteiger partial charge >= 0.3 is 0 Å². The SMILES string of the molecule is Brc1cccc(-c2cccc(-c3ccc4c5ccccc5n(-c5ccc6c(c5)C(c5ccccc5)(c5ccccc5)c5ccccc5-6)c4c3)c2)c1. The fourth-order valence-electron chi connectivity index (χ4n) is 8.55. The number of para-hydroxylation sites is 1. The molecule has 0 unspecified atom stereocenters. The average Bonchev–Trinajstić information content (AvgIpc) is 3.69. The van der Waals surface area contributed by atoms with Crippen molar-refractivity contribution in [2.45, 2.75) is 5.41 Å². The molecule has 0 saturated heterocycles. The Bertz CT molecular complexity index is 2720. The summed E-state index contributed by atoms with van der Waals surface area (Å²) in [5, 5.41) is 2.50. The van der Waals surface area contributed by atoms with Crippen molar-refractivity contribution >= 4 is 37.7 Å². The van der Waals surface area contributed by atoms with Crippen LogP contribution >= 0.6 is 15.9 Å². The third kappa shape index (κ3) is 4.60. The Morgan fingerprint density at radius 1 is 0.373 bits per heavy atom. The summed E-state index contributed by atoms with van der Waals surface area (Å²) in [5.74, 6) is 0. The normalized spacial score (nSPS) is 13.0. The van der Waals surface area contributed by atoms with Crippen LogP contribution in [0.2, 0.25) is 0 Å². The highest BCUT2D eigenvalue weighted by Gasteiger charge is 2.46. The molecule has 1 heterocycles. The van der Waals surface area contributed by atoms with E-state index in [0.29, 0.717) is 0 Å². The highest BCUT2D eigenvalue weighted by molar-refractivity contribution is 9.10. The first-order valence-electron chi connectivity index (χ1n) is 17.5. The van der Waals surface area contributed by atoms with Gasteiger partial charge in [0.1, 0.15) is 0 Å². The maximum atomic E-state index is 3.65. The lowest BCUT2D eigenvalue weighted by molar-refractivity contribution is 0.767. The van der Waals surface area contributed by atoms with E-state index in [-0.39, 0.29) is 0 Å². The summed E-state index contributed by atoms with van der Waals surface area (Å²) in [5.41, 5.74) is 15.6. The van der Waals surface area contributed by atoms with Gasteiger partial charge in [0, 0.05) is 20.9 Å². The first-order valence-corrected chi connectivity index (χ1v) is 18.2. The average molecular weight is 715 g/mol. The van der Waals surface area contributed by atoms with Crippen LogP contribution in [0.5, 0.6) is 0 Å². The van der Waals surface area contributed by atoms with Crippen LogP contribution in [-0.4, -0.2) is 4.57 Å². The van der Waals surface area contributed by atoms with E-state index in [1.807, 2.05) is 0 Å². The van der Waals surface area contributed by atoms with Gasteiger partial charge in [0.05, 0.1) is 16.4 Å². The Kier molecular flexibility index (Phi) is 6.94. The number of nitrogens with zero attached hydrogens (tertiary/aromatic N) is 1. The minimum atomic E-state index is -0.457. The Balaban J connectivity index is 1.22. The molecule has 0 aliphatic heterocycles. The van der Waals surface area contributed by atoms with Crippen molar-refractivity contribution in [3.8, 4) is 39.1 Å². The minimum absolute atomic E-state index is 0.457. The van der Waals surface area contributed by atoms with Crippen molar-refractivity contribution in [1.82, 2.24) is 4.57 Å². The molecule has 0 bridgehead atoms. The first-order chi connectivity index (χ1) is 25.2. The third-order valence-electron chi connectivity index (χ3n) is 10.7. The number of hydrogen-bond donors (Lipinski definition) is 0. The molecule has 1 aliphatic carbocycles. The molecule has 0 spiro atoms. The molecular weight excluding hydrogens is 682 g/mol. The lowest BCUT2D eigenvalue weighted by Crippen LogP contribution is -2.28. The minimum Gasteiger partial charge on any atom is -0.309 e. The molecule has 0 atom stereocenters. The second kappa shape index (κ2) is 11.8. The number of rotatable bonds is 5. The van der Waals surface area contributed by atoms with Gasteiger partial charge in [-0.1, -0.05) is 168 Å². The fraction of sp³-hybridized carbons (Fsp3) is 0.0204. The summed E-state index contributed by atoms with van der Waals surface area (Å²) in [4.78, 5) is 0. The smallest absolute Gasteiger partial charge is 0.0714 e. The Morgan fingerprint density at radius 2 is 0.961 bits per heavy atom. The van der Waals surface area contributed by atoms with Gasteiger partial charge in [-0.2, -0.15) is 0 Å². The van der Waals surface area contributed by atoms with Gasteiger partial charge in [-0.25, -0.2) is 0 Å². The predicted molar refractivity (Wildman–Crippen MR) is 217 cm³/mol. The maximum Gasteiger partial charge on any atom is 0.0714 e. The molecular formula is C49H32BrN. The van der Waals surface area contributed by atoms with Crippen LogP contribution in [0.3, 0.4) is 0 Å². The number of benzene rings is 8. The van der Waals surface area contributed by atoms with E-state index >= 15 is 0 Å². The second-order valence-electron chi connectivity index (χ2n) is 13.4. The summed E-state index contributed by atoms with van der Waals surface area (Å²) in [6, 6.07) is 71.3. The highest BCUT2D eigenvalue weighted by Crippen LogP contribution is 2.56. The van der Waals surface area contributed by atoms with Gasteiger partial charge < -0.3 is 4.57 Å². The van der Waals surface area contributed by atoms with Crippen LogP contribution in [0.1, 0.15) is 22.3 Å². The van der Waals surface area contributed by atoms with Crippen molar-refractivity contribution in [3.05, 3.63) is 221 Å². The van der Waals surface area contributed by atoms with Crippen molar-refractivity contribution < 1.29 is 0 Å². The molecule has 51 heavy (non-hydrogen) atoms. The molecule has 0 radical (unpaired) electrons. The van der Waals surface area contributed by atoms with Crippen molar-refractivity contribution in [1.29, 1.82) is 0 Å². The Morgan fingerprint density at radius 3 is 1.71 bits per heavy atom. The van der Waals surface area contributed by atoms with E-state index in [1.165, 1.54) is 77.4 Å². The topological polar surface area (TPSA) is 4.93 Å². The van der Waals surface area contributed by atoms with E-state index in [1.54, 1.807) is 0 Å². The largest absolute Gasteiger partial charge is 0.309 e. The van der Waals surface area contributed by atoms with Crippen LogP contribution in [0, 0.1) is 0 Å². The molecule has 10 rings (SSSR count). The first kappa shape index (κ1) is 29.9. The molecule has 1 aliphatic rings. The molecule has 0 saturated carbocycles. The van der Waals surface area contributed by atoms with E-state index < -0.39 is 5.41 Å². The number of hydrogen-bond acceptors (Lipinski definition) is 0. The van der Waals surface area contributed by atoms with Gasteiger partial charge in [-0.05, 0) is 98.1 Å². The van der Waals surface area contributed by atoms with Gasteiger partial charge in [0.2, 0.25) is 0 Å². The molecule has 8 aromatic carbocycles. The van der Waals surface area contributed by atoms with Crippen LogP contribution in [-0.2, 0) is 5.41 Å². The summed E-state index contributed by atoms with van der Waals surface area (Å²) >= 11 is 3.65. The molecule has 1 aromatic heterocycles. The van der Waals surface area contributed by atoms with E-state index in [4.69, 9.17) is 0 Å². The summed E-state index contributed by atoms with van der Waals surface area (Å²) in [6.07, 6.45) is 0. The Labute approximate surface area is 306 Å². The molecule has 0 amide bonds. The molecule has 1 nitrogen and oxygen atoms in total. The molecule has 240 valence electrons. The van der Waals surface area contributed by atoms with Gasteiger partial charge in [-0.3, -0.25) is 0 Å².